The van der Waals surface area contributed by atoms with E-state index in [1.807, 2.05) is 0 Å². The Bertz CT molecular complexity index is 156. The highest BCUT2D eigenvalue weighted by atomic mass is 16.5. The zero-order valence-corrected chi connectivity index (χ0v) is 8.22. The molecule has 84 valence electrons. The Morgan fingerprint density at radius 1 is 1.43 bits per heavy atom. The maximum Gasteiger partial charge on any atom is 0.105 e. The van der Waals surface area contributed by atoms with Gasteiger partial charge in [0.05, 0.1) is 6.61 Å². The fourth-order valence-corrected chi connectivity index (χ4v) is 1.68. The number of nitrogens with one attached hydrogen (secondary N) is 1. The van der Waals surface area contributed by atoms with Crippen LogP contribution in [0.4, 0.5) is 0 Å². The average molecular weight is 205 g/mol. The van der Waals surface area contributed by atoms with E-state index in [0.29, 0.717) is 19.6 Å². The van der Waals surface area contributed by atoms with E-state index in [9.17, 15) is 5.11 Å². The van der Waals surface area contributed by atoms with Crippen molar-refractivity contribution in [3.05, 3.63) is 0 Å². The molecule has 0 bridgehead atoms. The highest BCUT2D eigenvalue weighted by molar-refractivity contribution is 4.87. The van der Waals surface area contributed by atoms with Crippen molar-refractivity contribution in [2.24, 2.45) is 0 Å². The molecule has 1 fully saturated rings. The van der Waals surface area contributed by atoms with Crippen LogP contribution in [-0.2, 0) is 4.74 Å². The van der Waals surface area contributed by atoms with Gasteiger partial charge in [-0.15, -0.1) is 0 Å². The summed E-state index contributed by atoms with van der Waals surface area (Å²) in [7, 11) is 0. The molecule has 1 heterocycles. The van der Waals surface area contributed by atoms with Crippen LogP contribution in [0.15, 0.2) is 0 Å². The average Bonchev–Trinajstić information content (AvgIpc) is 2.65. The summed E-state index contributed by atoms with van der Waals surface area (Å²) in [5.41, 5.74) is 0. The molecule has 1 aliphatic heterocycles. The van der Waals surface area contributed by atoms with E-state index in [4.69, 9.17) is 14.9 Å². The van der Waals surface area contributed by atoms with Crippen LogP contribution >= 0.6 is 0 Å². The molecule has 0 aromatic heterocycles. The van der Waals surface area contributed by atoms with Gasteiger partial charge in [0.2, 0.25) is 0 Å². The monoisotopic (exact) mass is 205 g/mol. The Hall–Kier alpha value is -0.200. The minimum atomic E-state index is -0.816. The Morgan fingerprint density at radius 2 is 2.21 bits per heavy atom. The maximum atomic E-state index is 9.42. The van der Waals surface area contributed by atoms with E-state index in [1.165, 1.54) is 0 Å². The van der Waals surface area contributed by atoms with Crippen molar-refractivity contribution in [1.29, 1.82) is 0 Å². The number of rotatable bonds is 6. The van der Waals surface area contributed by atoms with Crippen LogP contribution in [0.25, 0.3) is 0 Å². The summed E-state index contributed by atoms with van der Waals surface area (Å²) in [6, 6.07) is 0.0868. The van der Waals surface area contributed by atoms with Crippen LogP contribution in [-0.4, -0.2) is 59.9 Å². The maximum absolute atomic E-state index is 9.42. The lowest BCUT2D eigenvalue weighted by atomic mass is 10.1. The first-order chi connectivity index (χ1) is 6.79. The van der Waals surface area contributed by atoms with Gasteiger partial charge in [0.1, 0.15) is 12.2 Å². The summed E-state index contributed by atoms with van der Waals surface area (Å²) in [6.07, 6.45) is 0.397. The molecule has 1 aliphatic rings. The molecule has 1 unspecified atom stereocenters. The van der Waals surface area contributed by atoms with Gasteiger partial charge in [0, 0.05) is 19.3 Å². The van der Waals surface area contributed by atoms with Crippen LogP contribution in [0.3, 0.4) is 0 Å². The minimum Gasteiger partial charge on any atom is -0.396 e. The lowest BCUT2D eigenvalue weighted by Crippen LogP contribution is -2.45. The number of ether oxygens (including phenoxy) is 1. The van der Waals surface area contributed by atoms with E-state index >= 15 is 0 Å². The summed E-state index contributed by atoms with van der Waals surface area (Å²) >= 11 is 0. The number of hydrogen-bond donors (Lipinski definition) is 4. The summed E-state index contributed by atoms with van der Waals surface area (Å²) in [5, 5.41) is 30.0. The Labute approximate surface area is 83.7 Å². The van der Waals surface area contributed by atoms with Crippen molar-refractivity contribution in [2.45, 2.75) is 31.1 Å². The van der Waals surface area contributed by atoms with Gasteiger partial charge >= 0.3 is 0 Å². The molecular weight excluding hydrogens is 186 g/mol. The molecule has 0 amide bonds. The van der Waals surface area contributed by atoms with Crippen molar-refractivity contribution in [3.8, 4) is 0 Å². The summed E-state index contributed by atoms with van der Waals surface area (Å²) in [4.78, 5) is 0. The molecule has 3 atom stereocenters. The molecule has 1 rings (SSSR count). The molecule has 0 saturated carbocycles. The predicted octanol–water partition coefficient (Wildman–Crippen LogP) is -1.53. The first-order valence-electron chi connectivity index (χ1n) is 5.04. The van der Waals surface area contributed by atoms with Gasteiger partial charge in [-0.3, -0.25) is 0 Å². The molecule has 0 aromatic rings. The predicted molar refractivity (Wildman–Crippen MR) is 50.9 cm³/mol. The zero-order valence-electron chi connectivity index (χ0n) is 8.22. The van der Waals surface area contributed by atoms with Gasteiger partial charge in [-0.2, -0.15) is 0 Å². The lowest BCUT2D eigenvalue weighted by Gasteiger charge is -2.23. The van der Waals surface area contributed by atoms with Crippen molar-refractivity contribution < 1.29 is 20.1 Å². The molecule has 1 saturated heterocycles. The molecule has 5 heteroatoms. The summed E-state index contributed by atoms with van der Waals surface area (Å²) in [6.45, 7) is 1.20. The van der Waals surface area contributed by atoms with Crippen LogP contribution in [0, 0.1) is 0 Å². The molecule has 14 heavy (non-hydrogen) atoms. The Kier molecular flexibility index (Phi) is 5.36. The largest absolute Gasteiger partial charge is 0.396 e. The number of aliphatic hydroxyl groups is 3. The first-order valence-corrected chi connectivity index (χ1v) is 5.04. The van der Waals surface area contributed by atoms with E-state index in [2.05, 4.69) is 5.32 Å². The summed E-state index contributed by atoms with van der Waals surface area (Å²) in [5.74, 6) is 0. The molecule has 4 N–H and O–H groups in total. The SMILES string of the molecule is OCCCN[C@H]1CCOC1[C@@H](O)CO. The smallest absolute Gasteiger partial charge is 0.105 e. The van der Waals surface area contributed by atoms with Crippen molar-refractivity contribution >= 4 is 0 Å². The normalized spacial score (nSPS) is 29.4. The second-order valence-corrected chi connectivity index (χ2v) is 3.51. The van der Waals surface area contributed by atoms with Crippen LogP contribution in [0.5, 0.6) is 0 Å². The van der Waals surface area contributed by atoms with Crippen molar-refractivity contribution in [2.75, 3.05) is 26.4 Å². The second-order valence-electron chi connectivity index (χ2n) is 3.51. The fraction of sp³-hybridized carbons (Fsp3) is 1.00. The highest BCUT2D eigenvalue weighted by Gasteiger charge is 2.32. The third-order valence-electron chi connectivity index (χ3n) is 2.44. The molecular formula is C9H19NO4. The molecule has 5 nitrogen and oxygen atoms in total. The van der Waals surface area contributed by atoms with Gasteiger partial charge in [0.15, 0.2) is 0 Å². The molecule has 0 aromatic carbocycles. The van der Waals surface area contributed by atoms with Crippen LogP contribution in [0.2, 0.25) is 0 Å². The van der Waals surface area contributed by atoms with E-state index in [1.54, 1.807) is 0 Å². The number of hydrogen-bond acceptors (Lipinski definition) is 5. The van der Waals surface area contributed by atoms with Gasteiger partial charge in [-0.25, -0.2) is 0 Å². The zero-order chi connectivity index (χ0) is 10.4. The first kappa shape index (κ1) is 11.9. The van der Waals surface area contributed by atoms with Gasteiger partial charge in [0.25, 0.3) is 0 Å². The third-order valence-corrected chi connectivity index (χ3v) is 2.44. The van der Waals surface area contributed by atoms with Gasteiger partial charge in [-0.05, 0) is 19.4 Å². The molecule has 0 spiro atoms. The molecule has 0 aliphatic carbocycles. The van der Waals surface area contributed by atoms with Crippen molar-refractivity contribution in [1.82, 2.24) is 5.32 Å². The Balaban J connectivity index is 2.27. The highest BCUT2D eigenvalue weighted by Crippen LogP contribution is 2.16. The third kappa shape index (κ3) is 3.18. The van der Waals surface area contributed by atoms with Crippen molar-refractivity contribution in [3.63, 3.8) is 0 Å². The van der Waals surface area contributed by atoms with E-state index < -0.39 is 6.10 Å². The fourth-order valence-electron chi connectivity index (χ4n) is 1.68. The van der Waals surface area contributed by atoms with Gasteiger partial charge < -0.3 is 25.4 Å². The Morgan fingerprint density at radius 3 is 2.86 bits per heavy atom. The van der Waals surface area contributed by atoms with Gasteiger partial charge in [-0.1, -0.05) is 0 Å². The second kappa shape index (κ2) is 6.31. The standard InChI is InChI=1S/C9H19NO4/c11-4-1-3-10-7-2-5-14-9(7)8(13)6-12/h7-13H,1-6H2/t7-,8-,9?/m0/s1. The van der Waals surface area contributed by atoms with E-state index in [-0.39, 0.29) is 25.4 Å². The summed E-state index contributed by atoms with van der Waals surface area (Å²) < 4.78 is 5.31. The minimum absolute atomic E-state index is 0.0868. The number of aliphatic hydroxyl groups excluding tert-OH is 3. The quantitative estimate of drug-likeness (QED) is 0.395. The van der Waals surface area contributed by atoms with Crippen LogP contribution in [0.1, 0.15) is 12.8 Å². The van der Waals surface area contributed by atoms with Crippen LogP contribution < -0.4 is 5.32 Å². The van der Waals surface area contributed by atoms with E-state index in [0.717, 1.165) is 6.42 Å². The lowest BCUT2D eigenvalue weighted by molar-refractivity contribution is -0.0368. The molecule has 0 radical (unpaired) electrons. The topological polar surface area (TPSA) is 82.0 Å².